The fourth-order valence-electron chi connectivity index (χ4n) is 5.62. The highest BCUT2D eigenvalue weighted by Crippen LogP contribution is 2.62. The number of piperidine rings is 1. The average molecular weight is 363 g/mol. The lowest BCUT2D eigenvalue weighted by Crippen LogP contribution is -2.64. The number of nitrogens with zero attached hydrogens (tertiary/aromatic N) is 1. The van der Waals surface area contributed by atoms with Crippen LogP contribution in [0.15, 0.2) is 60.7 Å². The van der Waals surface area contributed by atoms with Crippen LogP contribution in [0.3, 0.4) is 0 Å². The van der Waals surface area contributed by atoms with Crippen molar-refractivity contribution in [2.75, 3.05) is 13.6 Å². The van der Waals surface area contributed by atoms with Gasteiger partial charge in [0.15, 0.2) is 11.5 Å². The van der Waals surface area contributed by atoms with Crippen LogP contribution in [-0.4, -0.2) is 47.0 Å². The summed E-state index contributed by atoms with van der Waals surface area (Å²) in [7, 11) is 2.19. The van der Waals surface area contributed by atoms with Crippen molar-refractivity contribution in [2.24, 2.45) is 5.92 Å². The van der Waals surface area contributed by atoms with Crippen molar-refractivity contribution in [3.63, 3.8) is 0 Å². The molecule has 0 radical (unpaired) electrons. The number of phenols is 1. The minimum absolute atomic E-state index is 0.160. The van der Waals surface area contributed by atoms with Gasteiger partial charge < -0.3 is 19.8 Å². The van der Waals surface area contributed by atoms with Gasteiger partial charge in [-0.2, -0.15) is 0 Å². The monoisotopic (exact) mass is 363 g/mol. The lowest BCUT2D eigenvalue weighted by Gasteiger charge is -2.56. The summed E-state index contributed by atoms with van der Waals surface area (Å²) in [4.78, 5) is 2.43. The number of likely N-dealkylation sites (N-methyl/N-ethyl adjacent to an activating group) is 1. The molecule has 2 N–H and O–H groups in total. The number of aliphatic hydroxyl groups excluding tert-OH is 1. The topological polar surface area (TPSA) is 52.9 Å². The molecule has 1 saturated heterocycles. The van der Waals surface area contributed by atoms with Crippen molar-refractivity contribution in [1.29, 1.82) is 0 Å². The zero-order valence-electron chi connectivity index (χ0n) is 15.5. The van der Waals surface area contributed by atoms with E-state index in [0.717, 1.165) is 19.4 Å². The maximum atomic E-state index is 10.4. The summed E-state index contributed by atoms with van der Waals surface area (Å²) in [5.41, 5.74) is 2.29. The molecule has 1 spiro atoms. The highest BCUT2D eigenvalue weighted by atomic mass is 16.5. The van der Waals surface area contributed by atoms with E-state index >= 15 is 0 Å². The van der Waals surface area contributed by atoms with Gasteiger partial charge in [-0.15, -0.1) is 0 Å². The van der Waals surface area contributed by atoms with E-state index in [-0.39, 0.29) is 17.3 Å². The number of phenolic OH excluding ortho intramolecular Hbond substituents is 1. The van der Waals surface area contributed by atoms with Crippen LogP contribution < -0.4 is 4.74 Å². The minimum Gasteiger partial charge on any atom is -0.504 e. The molecule has 2 bridgehead atoms. The first-order valence-electron chi connectivity index (χ1n) is 9.71. The van der Waals surface area contributed by atoms with Gasteiger partial charge in [-0.3, -0.25) is 0 Å². The molecular formula is C23H25NO3. The second kappa shape index (κ2) is 6.11. The molecule has 6 rings (SSSR count). The van der Waals surface area contributed by atoms with Gasteiger partial charge >= 0.3 is 0 Å². The van der Waals surface area contributed by atoms with E-state index in [1.807, 2.05) is 48.5 Å². The number of aromatic hydroxyl groups is 1. The standard InChI is InChI=1S/C17H19NO3.C6H6/c1-18-7-6-17-10-3-5-13(20)16(17)21-15-12(19)4-2-9(14(15)17)8-11(10)18;1-2-4-6-5-3-1/h2-5,10-11,13,16,19-20H,6-8H2,1H3;1-6H/t10-,11+,13-,16-,17-;/m0./s1. The van der Waals surface area contributed by atoms with Crippen LogP contribution in [0.25, 0.3) is 0 Å². The minimum atomic E-state index is -0.594. The third-order valence-corrected chi connectivity index (χ3v) is 6.82. The number of aliphatic hydroxyl groups is 1. The van der Waals surface area contributed by atoms with Gasteiger partial charge in [0.1, 0.15) is 12.2 Å². The number of ether oxygens (including phenoxy) is 1. The van der Waals surface area contributed by atoms with Gasteiger partial charge in [-0.1, -0.05) is 54.6 Å². The molecular weight excluding hydrogens is 338 g/mol. The zero-order valence-corrected chi connectivity index (χ0v) is 15.5. The first kappa shape index (κ1) is 16.8. The van der Waals surface area contributed by atoms with Crippen molar-refractivity contribution in [1.82, 2.24) is 4.90 Å². The van der Waals surface area contributed by atoms with E-state index in [1.165, 1.54) is 11.1 Å². The van der Waals surface area contributed by atoms with Crippen LogP contribution >= 0.6 is 0 Å². The third-order valence-electron chi connectivity index (χ3n) is 6.82. The van der Waals surface area contributed by atoms with Gasteiger partial charge in [-0.05, 0) is 38.1 Å². The molecule has 2 aromatic rings. The van der Waals surface area contributed by atoms with Gasteiger partial charge in [0.05, 0.1) is 0 Å². The SMILES string of the molecule is CN1CC[C@]23c4c5ccc(O)c4O[C@H]2[C@@H](O)C=C[C@H]3[C@H]1C5.c1ccccc1. The van der Waals surface area contributed by atoms with Crippen LogP contribution in [-0.2, 0) is 11.8 Å². The largest absolute Gasteiger partial charge is 0.504 e. The molecule has 27 heavy (non-hydrogen) atoms. The van der Waals surface area contributed by atoms with E-state index in [0.29, 0.717) is 17.7 Å². The Balaban J connectivity index is 0.000000230. The van der Waals surface area contributed by atoms with Gasteiger partial charge in [0.25, 0.3) is 0 Å². The molecule has 0 unspecified atom stereocenters. The normalized spacial score (nSPS) is 34.9. The van der Waals surface area contributed by atoms with Gasteiger partial charge in [0.2, 0.25) is 0 Å². The Kier molecular flexibility index (Phi) is 3.81. The predicted octanol–water partition coefficient (Wildman–Crippen LogP) is 2.88. The molecule has 0 amide bonds. The van der Waals surface area contributed by atoms with Gasteiger partial charge in [-0.25, -0.2) is 0 Å². The number of rotatable bonds is 0. The summed E-state index contributed by atoms with van der Waals surface area (Å²) in [5.74, 6) is 1.19. The summed E-state index contributed by atoms with van der Waals surface area (Å²) in [6, 6.07) is 16.2. The molecule has 2 aromatic carbocycles. The highest BCUT2D eigenvalue weighted by molar-refractivity contribution is 5.61. The van der Waals surface area contributed by atoms with Crippen LogP contribution in [0.4, 0.5) is 0 Å². The molecule has 0 aromatic heterocycles. The van der Waals surface area contributed by atoms with Crippen LogP contribution in [0.1, 0.15) is 17.5 Å². The first-order chi connectivity index (χ1) is 13.1. The quantitative estimate of drug-likeness (QED) is 0.707. The van der Waals surface area contributed by atoms with E-state index in [1.54, 1.807) is 6.07 Å². The fourth-order valence-corrected chi connectivity index (χ4v) is 5.62. The molecule has 5 atom stereocenters. The molecule has 4 nitrogen and oxygen atoms in total. The number of benzene rings is 2. The second-order valence-electron chi connectivity index (χ2n) is 8.08. The van der Waals surface area contributed by atoms with E-state index in [2.05, 4.69) is 18.0 Å². The number of hydrogen-bond donors (Lipinski definition) is 2. The summed E-state index contributed by atoms with van der Waals surface area (Å²) >= 11 is 0. The van der Waals surface area contributed by atoms with E-state index < -0.39 is 6.10 Å². The Morgan fingerprint density at radius 2 is 1.78 bits per heavy atom. The Hall–Kier alpha value is -2.30. The van der Waals surface area contributed by atoms with Crippen molar-refractivity contribution < 1.29 is 14.9 Å². The van der Waals surface area contributed by atoms with Crippen molar-refractivity contribution in [3.05, 3.63) is 71.8 Å². The van der Waals surface area contributed by atoms with Crippen LogP contribution in [0.2, 0.25) is 0 Å². The van der Waals surface area contributed by atoms with Crippen molar-refractivity contribution in [3.8, 4) is 11.5 Å². The summed E-state index contributed by atoms with van der Waals surface area (Å²) < 4.78 is 6.09. The molecule has 4 heteroatoms. The van der Waals surface area contributed by atoms with Crippen molar-refractivity contribution in [2.45, 2.75) is 36.5 Å². The van der Waals surface area contributed by atoms with Crippen molar-refractivity contribution >= 4 is 0 Å². The zero-order chi connectivity index (χ0) is 18.6. The fraction of sp³-hybridized carbons (Fsp3) is 0.391. The summed E-state index contributed by atoms with van der Waals surface area (Å²) in [5, 5.41) is 20.6. The van der Waals surface area contributed by atoms with Gasteiger partial charge in [0, 0.05) is 22.9 Å². The summed E-state index contributed by atoms with van der Waals surface area (Å²) in [6.07, 6.45) is 5.18. The molecule has 2 aliphatic carbocycles. The third kappa shape index (κ3) is 2.30. The Morgan fingerprint density at radius 1 is 1.07 bits per heavy atom. The Bertz CT molecular complexity index is 854. The number of likely N-dealkylation sites (tertiary alicyclic amines) is 1. The van der Waals surface area contributed by atoms with Crippen LogP contribution in [0.5, 0.6) is 11.5 Å². The molecule has 4 aliphatic rings. The second-order valence-corrected chi connectivity index (χ2v) is 8.08. The maximum Gasteiger partial charge on any atom is 0.165 e. The van der Waals surface area contributed by atoms with E-state index in [4.69, 9.17) is 4.74 Å². The molecule has 1 fully saturated rings. The lowest BCUT2D eigenvalue weighted by molar-refractivity contribution is -0.0453. The summed E-state index contributed by atoms with van der Waals surface area (Å²) in [6.45, 7) is 1.01. The van der Waals surface area contributed by atoms with E-state index in [9.17, 15) is 10.2 Å². The Labute approximate surface area is 159 Å². The highest BCUT2D eigenvalue weighted by Gasteiger charge is 2.64. The van der Waals surface area contributed by atoms with Crippen LogP contribution in [0, 0.1) is 5.92 Å². The Morgan fingerprint density at radius 3 is 2.48 bits per heavy atom. The number of hydrogen-bond acceptors (Lipinski definition) is 4. The first-order valence-corrected chi connectivity index (χ1v) is 9.71. The smallest absolute Gasteiger partial charge is 0.165 e. The molecule has 2 aliphatic heterocycles. The predicted molar refractivity (Wildman–Crippen MR) is 104 cm³/mol. The molecule has 0 saturated carbocycles. The lowest BCUT2D eigenvalue weighted by atomic mass is 9.53. The molecule has 140 valence electrons. The molecule has 2 heterocycles. The maximum absolute atomic E-state index is 10.4. The average Bonchev–Trinajstić information content (AvgIpc) is 3.06.